The summed E-state index contributed by atoms with van der Waals surface area (Å²) < 4.78 is 7.12. The van der Waals surface area contributed by atoms with Crippen LogP contribution in [0.5, 0.6) is 0 Å². The van der Waals surface area contributed by atoms with Crippen LogP contribution >= 0.6 is 0 Å². The van der Waals surface area contributed by atoms with Crippen LogP contribution in [-0.4, -0.2) is 16.3 Å². The van der Waals surface area contributed by atoms with E-state index < -0.39 is 0 Å². The summed E-state index contributed by atoms with van der Waals surface area (Å²) in [6, 6.07) is 1.98. The predicted octanol–water partition coefficient (Wildman–Crippen LogP) is 2.45. The Morgan fingerprint density at radius 3 is 2.83 bits per heavy atom. The Morgan fingerprint density at radius 1 is 1.39 bits per heavy atom. The van der Waals surface area contributed by atoms with E-state index in [0.29, 0.717) is 0 Å². The molecule has 0 fully saturated rings. The second kappa shape index (κ2) is 5.87. The molecule has 0 amide bonds. The average molecular weight is 247 g/mol. The highest BCUT2D eigenvalue weighted by Crippen LogP contribution is 2.12. The van der Waals surface area contributed by atoms with Crippen LogP contribution in [0.1, 0.15) is 29.4 Å². The largest absolute Gasteiger partial charge is 0.472 e. The van der Waals surface area contributed by atoms with Gasteiger partial charge in [-0.1, -0.05) is 6.92 Å². The van der Waals surface area contributed by atoms with Gasteiger partial charge in [0, 0.05) is 24.3 Å². The zero-order valence-corrected chi connectivity index (χ0v) is 11.4. The minimum atomic E-state index is 0.844. The summed E-state index contributed by atoms with van der Waals surface area (Å²) in [5, 5.41) is 7.96. The topological polar surface area (TPSA) is 43.0 Å². The van der Waals surface area contributed by atoms with Gasteiger partial charge in [0.05, 0.1) is 24.8 Å². The van der Waals surface area contributed by atoms with Crippen LogP contribution in [0.25, 0.3) is 0 Å². The van der Waals surface area contributed by atoms with Crippen molar-refractivity contribution in [3.05, 3.63) is 41.1 Å². The first kappa shape index (κ1) is 12.9. The van der Waals surface area contributed by atoms with Gasteiger partial charge in [-0.2, -0.15) is 5.10 Å². The van der Waals surface area contributed by atoms with Crippen LogP contribution in [0.3, 0.4) is 0 Å². The SMILES string of the molecule is CCc1c(C)nn(CCNCc2ccoc2)c1C. The van der Waals surface area contributed by atoms with Crippen LogP contribution in [0.4, 0.5) is 0 Å². The number of aromatic nitrogens is 2. The van der Waals surface area contributed by atoms with Crippen LogP contribution in [0.2, 0.25) is 0 Å². The number of nitrogens with one attached hydrogen (secondary N) is 1. The lowest BCUT2D eigenvalue weighted by Crippen LogP contribution is -2.20. The minimum absolute atomic E-state index is 0.844. The molecule has 4 nitrogen and oxygen atoms in total. The van der Waals surface area contributed by atoms with Crippen LogP contribution < -0.4 is 5.32 Å². The first-order valence-electron chi connectivity index (χ1n) is 6.47. The molecule has 0 saturated heterocycles. The summed E-state index contributed by atoms with van der Waals surface area (Å²) in [6.45, 7) is 9.08. The van der Waals surface area contributed by atoms with Crippen molar-refractivity contribution in [2.24, 2.45) is 0 Å². The lowest BCUT2D eigenvalue weighted by Gasteiger charge is -2.06. The lowest BCUT2D eigenvalue weighted by atomic mass is 10.1. The van der Waals surface area contributed by atoms with Crippen LogP contribution in [0, 0.1) is 13.8 Å². The van der Waals surface area contributed by atoms with Gasteiger partial charge < -0.3 is 9.73 Å². The maximum atomic E-state index is 5.02. The van der Waals surface area contributed by atoms with Gasteiger partial charge in [-0.3, -0.25) is 4.68 Å². The summed E-state index contributed by atoms with van der Waals surface area (Å²) in [7, 11) is 0. The van der Waals surface area contributed by atoms with E-state index in [1.807, 2.05) is 6.07 Å². The standard InChI is InChI=1S/C14H21N3O/c1-4-14-11(2)16-17(12(14)3)7-6-15-9-13-5-8-18-10-13/h5,8,10,15H,4,6-7,9H2,1-3H3. The molecule has 98 valence electrons. The van der Waals surface area contributed by atoms with Crippen molar-refractivity contribution in [2.75, 3.05) is 6.54 Å². The fourth-order valence-corrected chi connectivity index (χ4v) is 2.27. The van der Waals surface area contributed by atoms with Gasteiger partial charge in [-0.15, -0.1) is 0 Å². The molecular weight excluding hydrogens is 226 g/mol. The molecule has 2 heterocycles. The van der Waals surface area contributed by atoms with Gasteiger partial charge in [-0.05, 0) is 31.9 Å². The van der Waals surface area contributed by atoms with E-state index >= 15 is 0 Å². The summed E-state index contributed by atoms with van der Waals surface area (Å²) in [5.41, 5.74) is 5.01. The third-order valence-electron chi connectivity index (χ3n) is 3.29. The Morgan fingerprint density at radius 2 is 2.22 bits per heavy atom. The number of aryl methyl sites for hydroxylation is 1. The van der Waals surface area contributed by atoms with E-state index in [1.165, 1.54) is 16.8 Å². The molecule has 0 spiro atoms. The van der Waals surface area contributed by atoms with Crippen molar-refractivity contribution in [1.29, 1.82) is 0 Å². The summed E-state index contributed by atoms with van der Waals surface area (Å²) in [6.07, 6.45) is 4.52. The van der Waals surface area contributed by atoms with Crippen molar-refractivity contribution >= 4 is 0 Å². The van der Waals surface area contributed by atoms with Crippen molar-refractivity contribution < 1.29 is 4.42 Å². The summed E-state index contributed by atoms with van der Waals surface area (Å²) in [5.74, 6) is 0. The zero-order chi connectivity index (χ0) is 13.0. The van der Waals surface area contributed by atoms with Gasteiger partial charge in [0.25, 0.3) is 0 Å². The van der Waals surface area contributed by atoms with Crippen molar-refractivity contribution in [3.63, 3.8) is 0 Å². The second-order valence-corrected chi connectivity index (χ2v) is 4.53. The molecule has 0 aromatic carbocycles. The Hall–Kier alpha value is -1.55. The van der Waals surface area contributed by atoms with Gasteiger partial charge in [-0.25, -0.2) is 0 Å². The second-order valence-electron chi connectivity index (χ2n) is 4.53. The number of furan rings is 1. The molecule has 0 unspecified atom stereocenters. The maximum Gasteiger partial charge on any atom is 0.0947 e. The third-order valence-corrected chi connectivity index (χ3v) is 3.29. The molecule has 2 rings (SSSR count). The van der Waals surface area contributed by atoms with Crippen LogP contribution in [-0.2, 0) is 19.5 Å². The zero-order valence-electron chi connectivity index (χ0n) is 11.4. The molecule has 2 aromatic rings. The number of rotatable bonds is 6. The highest BCUT2D eigenvalue weighted by atomic mass is 16.3. The van der Waals surface area contributed by atoms with E-state index in [0.717, 1.165) is 31.7 Å². The first-order chi connectivity index (χ1) is 8.72. The molecule has 0 saturated carbocycles. The molecule has 0 radical (unpaired) electrons. The van der Waals surface area contributed by atoms with E-state index in [4.69, 9.17) is 4.42 Å². The Bertz CT molecular complexity index is 485. The fraction of sp³-hybridized carbons (Fsp3) is 0.500. The highest BCUT2D eigenvalue weighted by molar-refractivity contribution is 5.24. The Labute approximate surface area is 108 Å². The lowest BCUT2D eigenvalue weighted by molar-refractivity contribution is 0.534. The predicted molar refractivity (Wildman–Crippen MR) is 71.5 cm³/mol. The van der Waals surface area contributed by atoms with Crippen molar-refractivity contribution in [1.82, 2.24) is 15.1 Å². The summed E-state index contributed by atoms with van der Waals surface area (Å²) in [4.78, 5) is 0. The Kier molecular flexibility index (Phi) is 4.20. The first-order valence-corrected chi connectivity index (χ1v) is 6.47. The van der Waals surface area contributed by atoms with E-state index in [1.54, 1.807) is 12.5 Å². The monoisotopic (exact) mass is 247 g/mol. The van der Waals surface area contributed by atoms with E-state index in [2.05, 4.69) is 35.9 Å². The van der Waals surface area contributed by atoms with E-state index in [9.17, 15) is 0 Å². The molecule has 0 aliphatic heterocycles. The molecule has 0 atom stereocenters. The minimum Gasteiger partial charge on any atom is -0.472 e. The van der Waals surface area contributed by atoms with Gasteiger partial charge in [0.2, 0.25) is 0 Å². The van der Waals surface area contributed by atoms with E-state index in [-0.39, 0.29) is 0 Å². The smallest absolute Gasteiger partial charge is 0.0947 e. The molecule has 0 bridgehead atoms. The van der Waals surface area contributed by atoms with Gasteiger partial charge in [0.15, 0.2) is 0 Å². The molecule has 0 aliphatic rings. The van der Waals surface area contributed by atoms with Gasteiger partial charge >= 0.3 is 0 Å². The van der Waals surface area contributed by atoms with Crippen molar-refractivity contribution in [2.45, 2.75) is 40.3 Å². The number of hydrogen-bond acceptors (Lipinski definition) is 3. The maximum absolute atomic E-state index is 5.02. The third kappa shape index (κ3) is 2.82. The van der Waals surface area contributed by atoms with Crippen molar-refractivity contribution in [3.8, 4) is 0 Å². The highest BCUT2D eigenvalue weighted by Gasteiger charge is 2.08. The molecule has 18 heavy (non-hydrogen) atoms. The summed E-state index contributed by atoms with van der Waals surface area (Å²) >= 11 is 0. The molecule has 0 aliphatic carbocycles. The number of hydrogen-bond donors (Lipinski definition) is 1. The fourth-order valence-electron chi connectivity index (χ4n) is 2.27. The molecule has 2 aromatic heterocycles. The number of nitrogens with zero attached hydrogens (tertiary/aromatic N) is 2. The Balaban J connectivity index is 1.83. The quantitative estimate of drug-likeness (QED) is 0.797. The molecule has 4 heteroatoms. The molecular formula is C14H21N3O. The normalized spacial score (nSPS) is 11.1. The average Bonchev–Trinajstić information content (AvgIpc) is 2.94. The molecule has 1 N–H and O–H groups in total. The van der Waals surface area contributed by atoms with Crippen LogP contribution in [0.15, 0.2) is 23.0 Å². The van der Waals surface area contributed by atoms with Gasteiger partial charge in [0.1, 0.15) is 0 Å².